The molecule has 5 heteroatoms. The average molecular weight is 229 g/mol. The summed E-state index contributed by atoms with van der Waals surface area (Å²) in [6.07, 6.45) is 0. The average Bonchev–Trinajstić information content (AvgIpc) is 2.21. The molecule has 0 radical (unpaired) electrons. The minimum atomic E-state index is 0. The molecule has 0 aliphatic heterocycles. The Balaban J connectivity index is 0.00000196. The fourth-order valence-corrected chi connectivity index (χ4v) is 1.14. The molecule has 0 amide bonds. The van der Waals surface area contributed by atoms with Gasteiger partial charge in [-0.1, -0.05) is 6.07 Å². The van der Waals surface area contributed by atoms with Gasteiger partial charge in [0.05, 0.1) is 13.2 Å². The number of hydrogen-bond donors (Lipinski definition) is 0. The van der Waals surface area contributed by atoms with E-state index in [1.807, 2.05) is 13.8 Å². The van der Waals surface area contributed by atoms with E-state index < -0.39 is 0 Å². The number of benzene rings is 1. The zero-order valence-corrected chi connectivity index (χ0v) is 9.49. The van der Waals surface area contributed by atoms with Crippen molar-refractivity contribution in [1.29, 1.82) is 5.39 Å². The molecule has 4 nitrogen and oxygen atoms in total. The highest BCUT2D eigenvalue weighted by atomic mass is 35.5. The highest BCUT2D eigenvalue weighted by Gasteiger charge is 2.19. The maximum absolute atomic E-state index is 8.73. The van der Waals surface area contributed by atoms with Crippen molar-refractivity contribution in [3.63, 3.8) is 0 Å². The lowest BCUT2D eigenvalue weighted by atomic mass is 10.3. The van der Waals surface area contributed by atoms with Gasteiger partial charge in [-0.3, -0.25) is 0 Å². The lowest BCUT2D eigenvalue weighted by molar-refractivity contribution is -0.00000407. The molecule has 0 saturated carbocycles. The largest absolute Gasteiger partial charge is 1.00 e. The van der Waals surface area contributed by atoms with Crippen molar-refractivity contribution in [2.75, 3.05) is 13.2 Å². The standard InChI is InChI=1S/C10H13N2O2.ClH/c1-3-13-9-7-5-6-8(12-11)10(9)14-4-2;/h5-7H,3-4H2,1-2H3;1H/q+1;/p-1. The summed E-state index contributed by atoms with van der Waals surface area (Å²) >= 11 is 0. The Morgan fingerprint density at radius 1 is 1.20 bits per heavy atom. The minimum absolute atomic E-state index is 0. The molecule has 1 aromatic rings. The van der Waals surface area contributed by atoms with Gasteiger partial charge in [0.2, 0.25) is 5.39 Å². The molecule has 0 saturated heterocycles. The number of halogens is 1. The van der Waals surface area contributed by atoms with Gasteiger partial charge in [-0.2, -0.15) is 0 Å². The number of hydrogen-bond acceptors (Lipinski definition) is 3. The lowest BCUT2D eigenvalue weighted by Gasteiger charge is -2.07. The Bertz CT molecular complexity index is 350. The monoisotopic (exact) mass is 228 g/mol. The Labute approximate surface area is 95.2 Å². The first-order chi connectivity index (χ1) is 6.83. The van der Waals surface area contributed by atoms with Crippen LogP contribution in [-0.4, -0.2) is 13.2 Å². The smallest absolute Gasteiger partial charge is 0.430 e. The van der Waals surface area contributed by atoms with Gasteiger partial charge in [-0.15, -0.1) is 0 Å². The highest BCUT2D eigenvalue weighted by molar-refractivity contribution is 5.63. The van der Waals surface area contributed by atoms with Crippen molar-refractivity contribution in [2.24, 2.45) is 0 Å². The van der Waals surface area contributed by atoms with Gasteiger partial charge in [0.15, 0.2) is 10.7 Å². The number of diazo groups is 1. The first kappa shape index (κ1) is 13.5. The van der Waals surface area contributed by atoms with E-state index >= 15 is 0 Å². The highest BCUT2D eigenvalue weighted by Crippen LogP contribution is 2.37. The van der Waals surface area contributed by atoms with Crippen LogP contribution in [0.1, 0.15) is 13.8 Å². The maximum atomic E-state index is 8.73. The van der Waals surface area contributed by atoms with E-state index in [0.29, 0.717) is 30.4 Å². The van der Waals surface area contributed by atoms with Crippen molar-refractivity contribution in [2.45, 2.75) is 13.8 Å². The molecule has 0 heterocycles. The topological polar surface area (TPSA) is 46.6 Å². The van der Waals surface area contributed by atoms with Gasteiger partial charge in [0.1, 0.15) is 0 Å². The minimum Gasteiger partial charge on any atom is -1.00 e. The van der Waals surface area contributed by atoms with Crippen molar-refractivity contribution in [1.82, 2.24) is 0 Å². The summed E-state index contributed by atoms with van der Waals surface area (Å²) in [6, 6.07) is 5.19. The van der Waals surface area contributed by atoms with Crippen molar-refractivity contribution >= 4 is 5.69 Å². The first-order valence-corrected chi connectivity index (χ1v) is 4.57. The lowest BCUT2D eigenvalue weighted by Crippen LogP contribution is -3.00. The molecule has 0 N–H and O–H groups in total. The number of rotatable bonds is 4. The normalized spacial score (nSPS) is 8.60. The van der Waals surface area contributed by atoms with Gasteiger partial charge in [0.25, 0.3) is 5.75 Å². The molecule has 1 rings (SSSR count). The fourth-order valence-electron chi connectivity index (χ4n) is 1.14. The Morgan fingerprint density at radius 3 is 2.40 bits per heavy atom. The quantitative estimate of drug-likeness (QED) is 0.681. The van der Waals surface area contributed by atoms with Crippen molar-refractivity contribution in [3.8, 4) is 11.5 Å². The van der Waals surface area contributed by atoms with Crippen LogP contribution in [0.2, 0.25) is 0 Å². The molecule has 0 aliphatic carbocycles. The predicted molar refractivity (Wildman–Crippen MR) is 53.5 cm³/mol. The van der Waals surface area contributed by atoms with Gasteiger partial charge in [0, 0.05) is 6.07 Å². The van der Waals surface area contributed by atoms with Crippen LogP contribution < -0.4 is 21.9 Å². The second kappa shape index (κ2) is 6.91. The molecule has 0 spiro atoms. The van der Waals surface area contributed by atoms with Crippen LogP contribution in [0.5, 0.6) is 11.5 Å². The Morgan fingerprint density at radius 2 is 1.87 bits per heavy atom. The Kier molecular flexibility index (Phi) is 6.23. The molecule has 1 aromatic carbocycles. The maximum Gasteiger partial charge on any atom is 0.430 e. The summed E-state index contributed by atoms with van der Waals surface area (Å²) in [5.74, 6) is 1.09. The van der Waals surface area contributed by atoms with Gasteiger partial charge in [-0.25, -0.2) is 0 Å². The number of ether oxygens (including phenoxy) is 2. The van der Waals surface area contributed by atoms with Crippen LogP contribution in [0.25, 0.3) is 4.98 Å². The SMILES string of the molecule is CCOc1cccc([N+]#N)c1OCC.[Cl-]. The van der Waals surface area contributed by atoms with E-state index in [1.165, 1.54) is 0 Å². The molecule has 0 aliphatic rings. The Hall–Kier alpha value is -1.47. The van der Waals surface area contributed by atoms with Crippen LogP contribution >= 0.6 is 0 Å². The first-order valence-electron chi connectivity index (χ1n) is 4.57. The van der Waals surface area contributed by atoms with Crippen LogP contribution in [0.3, 0.4) is 0 Å². The summed E-state index contributed by atoms with van der Waals surface area (Å²) in [4.78, 5) is 3.13. The van der Waals surface area contributed by atoms with Crippen LogP contribution in [-0.2, 0) is 0 Å². The zero-order valence-electron chi connectivity index (χ0n) is 8.74. The molecule has 82 valence electrons. The molecular weight excluding hydrogens is 216 g/mol. The summed E-state index contributed by atoms with van der Waals surface area (Å²) in [5.41, 5.74) is 0.387. The third-order valence-electron chi connectivity index (χ3n) is 1.65. The van der Waals surface area contributed by atoms with E-state index in [-0.39, 0.29) is 12.4 Å². The summed E-state index contributed by atoms with van der Waals surface area (Å²) in [5, 5.41) is 8.73. The van der Waals surface area contributed by atoms with E-state index in [9.17, 15) is 0 Å². The van der Waals surface area contributed by atoms with Crippen molar-refractivity contribution < 1.29 is 21.9 Å². The predicted octanol–water partition coefficient (Wildman–Crippen LogP) is -0.0274. The zero-order chi connectivity index (χ0) is 10.4. The van der Waals surface area contributed by atoms with Crippen LogP contribution in [0.4, 0.5) is 5.69 Å². The second-order valence-corrected chi connectivity index (χ2v) is 2.57. The van der Waals surface area contributed by atoms with Crippen LogP contribution in [0, 0.1) is 5.39 Å². The molecular formula is C10H13ClN2O2. The molecule has 0 atom stereocenters. The molecule has 0 aromatic heterocycles. The van der Waals surface area contributed by atoms with Gasteiger partial charge < -0.3 is 21.9 Å². The fraction of sp³-hybridized carbons (Fsp3) is 0.400. The second-order valence-electron chi connectivity index (χ2n) is 2.57. The van der Waals surface area contributed by atoms with E-state index in [0.717, 1.165) is 0 Å². The molecule has 0 unspecified atom stereocenters. The van der Waals surface area contributed by atoms with E-state index in [1.54, 1.807) is 18.2 Å². The van der Waals surface area contributed by atoms with E-state index in [2.05, 4.69) is 4.98 Å². The summed E-state index contributed by atoms with van der Waals surface area (Å²) < 4.78 is 10.7. The number of para-hydroxylation sites is 1. The molecule has 0 bridgehead atoms. The van der Waals surface area contributed by atoms with Crippen LogP contribution in [0.15, 0.2) is 18.2 Å². The van der Waals surface area contributed by atoms with Gasteiger partial charge in [-0.05, 0) is 19.9 Å². The number of nitrogens with zero attached hydrogens (tertiary/aromatic N) is 2. The summed E-state index contributed by atoms with van der Waals surface area (Å²) in [7, 11) is 0. The van der Waals surface area contributed by atoms with Crippen molar-refractivity contribution in [3.05, 3.63) is 23.2 Å². The third kappa shape index (κ3) is 3.30. The molecule has 15 heavy (non-hydrogen) atoms. The summed E-state index contributed by atoms with van der Waals surface area (Å²) in [6.45, 7) is 4.81. The van der Waals surface area contributed by atoms with Gasteiger partial charge >= 0.3 is 5.69 Å². The molecule has 0 fully saturated rings. The van der Waals surface area contributed by atoms with E-state index in [4.69, 9.17) is 14.9 Å². The third-order valence-corrected chi connectivity index (χ3v) is 1.65.